The normalized spacial score (nSPS) is 11.9. The number of benzene rings is 3. The molecular weight excluding hydrogens is 475 g/mol. The number of ether oxygens (including phenoxy) is 1. The predicted molar refractivity (Wildman–Crippen MR) is 128 cm³/mol. The number of hydrogen-bond donors (Lipinski definition) is 2. The van der Waals surface area contributed by atoms with Gasteiger partial charge in [0.05, 0.1) is 16.1 Å². The zero-order valence-corrected chi connectivity index (χ0v) is 20.0. The maximum Gasteiger partial charge on any atom is 0.338 e. The van der Waals surface area contributed by atoms with E-state index in [1.165, 1.54) is 32.0 Å². The minimum Gasteiger partial charge on any atom is -0.449 e. The van der Waals surface area contributed by atoms with Crippen LogP contribution in [0.25, 0.3) is 0 Å². The van der Waals surface area contributed by atoms with Crippen LogP contribution in [0, 0.1) is 12.7 Å². The van der Waals surface area contributed by atoms with E-state index in [0.717, 1.165) is 24.3 Å². The molecule has 3 aromatic rings. The lowest BCUT2D eigenvalue weighted by molar-refractivity contribution is -0.123. The summed E-state index contributed by atoms with van der Waals surface area (Å²) in [5.41, 5.74) is 1.61. The Hall–Kier alpha value is -4.05. The van der Waals surface area contributed by atoms with Crippen molar-refractivity contribution in [1.82, 2.24) is 0 Å². The molecule has 0 spiro atoms. The molecule has 3 rings (SSSR count). The second kappa shape index (κ2) is 10.5. The number of aryl methyl sites for hydroxylation is 1. The molecule has 8 nitrogen and oxygen atoms in total. The highest BCUT2D eigenvalue weighted by molar-refractivity contribution is 7.92. The molecule has 2 N–H and O–H groups in total. The molecule has 0 aromatic heterocycles. The van der Waals surface area contributed by atoms with E-state index in [1.54, 1.807) is 31.2 Å². The number of anilines is 2. The number of esters is 1. The number of halogens is 1. The highest BCUT2D eigenvalue weighted by Crippen LogP contribution is 2.22. The molecule has 0 bridgehead atoms. The molecule has 10 heteroatoms. The van der Waals surface area contributed by atoms with Gasteiger partial charge in [-0.3, -0.25) is 14.3 Å². The van der Waals surface area contributed by atoms with Crippen LogP contribution in [-0.2, 0) is 19.6 Å². The highest BCUT2D eigenvalue weighted by Gasteiger charge is 2.21. The van der Waals surface area contributed by atoms with Crippen LogP contribution >= 0.6 is 0 Å². The molecular formula is C25H23FN2O6S. The third-order valence-electron chi connectivity index (χ3n) is 5.05. The number of carbonyl (C=O) groups is 3. The van der Waals surface area contributed by atoms with Crippen LogP contribution in [0.2, 0.25) is 0 Å². The average Bonchev–Trinajstić information content (AvgIpc) is 2.80. The molecule has 0 unspecified atom stereocenters. The van der Waals surface area contributed by atoms with Gasteiger partial charge in [-0.15, -0.1) is 0 Å². The van der Waals surface area contributed by atoms with E-state index in [2.05, 4.69) is 10.0 Å². The first-order valence-corrected chi connectivity index (χ1v) is 12.0. The lowest BCUT2D eigenvalue weighted by Crippen LogP contribution is -2.30. The Morgan fingerprint density at radius 1 is 0.914 bits per heavy atom. The van der Waals surface area contributed by atoms with Gasteiger partial charge in [-0.2, -0.15) is 0 Å². The van der Waals surface area contributed by atoms with Crippen molar-refractivity contribution < 1.29 is 31.9 Å². The summed E-state index contributed by atoms with van der Waals surface area (Å²) in [6.07, 6.45) is -1.16. The summed E-state index contributed by atoms with van der Waals surface area (Å²) < 4.78 is 46.0. The lowest BCUT2D eigenvalue weighted by Gasteiger charge is -2.15. The second-order valence-corrected chi connectivity index (χ2v) is 9.44. The van der Waals surface area contributed by atoms with Crippen LogP contribution in [0.3, 0.4) is 0 Å². The summed E-state index contributed by atoms with van der Waals surface area (Å²) in [4.78, 5) is 36.2. The van der Waals surface area contributed by atoms with Gasteiger partial charge in [-0.25, -0.2) is 17.6 Å². The molecule has 0 saturated heterocycles. The molecule has 1 atom stereocenters. The predicted octanol–water partition coefficient (Wildman–Crippen LogP) is 4.32. The van der Waals surface area contributed by atoms with Gasteiger partial charge in [0.1, 0.15) is 5.82 Å². The minimum absolute atomic E-state index is 0.0258. The van der Waals surface area contributed by atoms with Crippen LogP contribution in [0.4, 0.5) is 15.8 Å². The molecule has 35 heavy (non-hydrogen) atoms. The monoisotopic (exact) mass is 498 g/mol. The Kier molecular flexibility index (Phi) is 7.65. The number of carbonyl (C=O) groups excluding carboxylic acids is 3. The Morgan fingerprint density at radius 3 is 2.11 bits per heavy atom. The first-order chi connectivity index (χ1) is 16.5. The molecule has 0 fully saturated rings. The van der Waals surface area contributed by atoms with E-state index in [0.29, 0.717) is 16.8 Å². The molecule has 0 radical (unpaired) electrons. The SMILES string of the molecule is CC(=O)c1ccc(NC(=O)[C@@H](C)OC(=O)c2ccc(C)c(NS(=O)(=O)c3ccc(F)cc3)c2)cc1. The molecule has 0 heterocycles. The van der Waals surface area contributed by atoms with E-state index >= 15 is 0 Å². The third-order valence-corrected chi connectivity index (χ3v) is 6.43. The zero-order valence-electron chi connectivity index (χ0n) is 19.2. The van der Waals surface area contributed by atoms with Gasteiger partial charge in [0.2, 0.25) is 0 Å². The van der Waals surface area contributed by atoms with Crippen molar-refractivity contribution >= 4 is 39.1 Å². The molecule has 0 aliphatic rings. The van der Waals surface area contributed by atoms with Gasteiger partial charge < -0.3 is 10.1 Å². The summed E-state index contributed by atoms with van der Waals surface area (Å²) >= 11 is 0. The van der Waals surface area contributed by atoms with Crippen molar-refractivity contribution in [3.05, 3.63) is 89.2 Å². The summed E-state index contributed by atoms with van der Waals surface area (Å²) in [6, 6.07) is 14.8. The van der Waals surface area contributed by atoms with Crippen LogP contribution in [0.5, 0.6) is 0 Å². The standard InChI is InChI=1S/C25H23FN2O6S/c1-15-4-5-19(14-23(15)28-35(32,33)22-12-8-20(26)9-13-22)25(31)34-17(3)24(30)27-21-10-6-18(7-11-21)16(2)29/h4-14,17,28H,1-3H3,(H,27,30)/t17-/m1/s1. The number of rotatable bonds is 8. The highest BCUT2D eigenvalue weighted by atomic mass is 32.2. The van der Waals surface area contributed by atoms with Gasteiger partial charge in [-0.05, 0) is 87.0 Å². The molecule has 3 aromatic carbocycles. The first-order valence-electron chi connectivity index (χ1n) is 10.5. The van der Waals surface area contributed by atoms with Crippen molar-refractivity contribution in [2.24, 2.45) is 0 Å². The third kappa shape index (κ3) is 6.51. The smallest absolute Gasteiger partial charge is 0.338 e. The summed E-state index contributed by atoms with van der Waals surface area (Å²) in [5.74, 6) is -2.10. The largest absolute Gasteiger partial charge is 0.449 e. The average molecular weight is 499 g/mol. The number of amides is 1. The van der Waals surface area contributed by atoms with Crippen LogP contribution in [-0.4, -0.2) is 32.2 Å². The van der Waals surface area contributed by atoms with Crippen LogP contribution < -0.4 is 10.0 Å². The van der Waals surface area contributed by atoms with E-state index in [9.17, 15) is 27.2 Å². The fourth-order valence-electron chi connectivity index (χ4n) is 2.99. The van der Waals surface area contributed by atoms with Crippen molar-refractivity contribution in [1.29, 1.82) is 0 Å². The van der Waals surface area contributed by atoms with E-state index in [1.807, 2.05) is 0 Å². The Morgan fingerprint density at radius 2 is 1.51 bits per heavy atom. The molecule has 1 amide bonds. The van der Waals surface area contributed by atoms with Gasteiger partial charge in [-0.1, -0.05) is 6.07 Å². The molecule has 0 saturated carbocycles. The lowest BCUT2D eigenvalue weighted by atomic mass is 10.1. The van der Waals surface area contributed by atoms with E-state index < -0.39 is 33.8 Å². The fraction of sp³-hybridized carbons (Fsp3) is 0.160. The number of sulfonamides is 1. The summed E-state index contributed by atoms with van der Waals surface area (Å²) in [5, 5.41) is 2.59. The quantitative estimate of drug-likeness (QED) is 0.353. The van der Waals surface area contributed by atoms with Crippen LogP contribution in [0.1, 0.15) is 40.1 Å². The minimum atomic E-state index is -4.03. The van der Waals surface area contributed by atoms with Crippen molar-refractivity contribution in [2.45, 2.75) is 31.8 Å². The molecule has 0 aliphatic heterocycles. The van der Waals surface area contributed by atoms with Gasteiger partial charge >= 0.3 is 5.97 Å². The van der Waals surface area contributed by atoms with Crippen molar-refractivity contribution in [2.75, 3.05) is 10.0 Å². The number of nitrogens with one attached hydrogen (secondary N) is 2. The van der Waals surface area contributed by atoms with Gasteiger partial charge in [0, 0.05) is 11.3 Å². The maximum atomic E-state index is 13.1. The zero-order chi connectivity index (χ0) is 25.8. The Labute approximate surface area is 202 Å². The Bertz CT molecular complexity index is 1370. The first kappa shape index (κ1) is 25.6. The van der Waals surface area contributed by atoms with E-state index in [-0.39, 0.29) is 21.9 Å². The number of Topliss-reactive ketones (excluding diaryl/α,β-unsaturated/α-hetero) is 1. The Balaban J connectivity index is 1.69. The maximum absolute atomic E-state index is 13.1. The van der Waals surface area contributed by atoms with Gasteiger partial charge in [0.25, 0.3) is 15.9 Å². The van der Waals surface area contributed by atoms with E-state index in [4.69, 9.17) is 4.74 Å². The topological polar surface area (TPSA) is 119 Å². The summed E-state index contributed by atoms with van der Waals surface area (Å²) in [6.45, 7) is 4.47. The number of ketones is 1. The number of hydrogen-bond acceptors (Lipinski definition) is 6. The van der Waals surface area contributed by atoms with Gasteiger partial charge in [0.15, 0.2) is 11.9 Å². The fourth-order valence-corrected chi connectivity index (χ4v) is 4.11. The van der Waals surface area contributed by atoms with Crippen LogP contribution in [0.15, 0.2) is 71.6 Å². The summed E-state index contributed by atoms with van der Waals surface area (Å²) in [7, 11) is -4.03. The van der Waals surface area contributed by atoms with Crippen molar-refractivity contribution in [3.8, 4) is 0 Å². The molecule has 182 valence electrons. The molecule has 0 aliphatic carbocycles. The van der Waals surface area contributed by atoms with Crippen molar-refractivity contribution in [3.63, 3.8) is 0 Å². The second-order valence-electron chi connectivity index (χ2n) is 7.76.